The third kappa shape index (κ3) is 2.32. The first kappa shape index (κ1) is 11.2. The van der Waals surface area contributed by atoms with Gasteiger partial charge >= 0.3 is 0 Å². The lowest BCUT2D eigenvalue weighted by molar-refractivity contribution is -0.111. The standard InChI is InChI=1S/C12H18O2/c1-4-5-7-12(14-3)8-6-11(13)10(2)9-12/h6,8-9H,4-5,7H2,1-3H3. The van der Waals surface area contributed by atoms with E-state index in [2.05, 4.69) is 6.92 Å². The fourth-order valence-corrected chi connectivity index (χ4v) is 1.67. The number of allylic oxidation sites excluding steroid dienone is 2. The maximum Gasteiger partial charge on any atom is 0.181 e. The second-order valence-corrected chi connectivity index (χ2v) is 3.79. The highest BCUT2D eigenvalue weighted by atomic mass is 16.5. The first-order valence-electron chi connectivity index (χ1n) is 5.12. The SMILES string of the molecule is CCCCC1(OC)C=CC(=O)C(C)=C1. The number of unbranched alkanes of at least 4 members (excludes halogenated alkanes) is 1. The Bertz CT molecular complexity index is 276. The Hall–Kier alpha value is -0.890. The van der Waals surface area contributed by atoms with Crippen LogP contribution in [0.1, 0.15) is 33.1 Å². The number of methoxy groups -OCH3 is 1. The zero-order valence-electron chi connectivity index (χ0n) is 9.17. The van der Waals surface area contributed by atoms with Gasteiger partial charge in [-0.25, -0.2) is 0 Å². The second-order valence-electron chi connectivity index (χ2n) is 3.79. The van der Waals surface area contributed by atoms with Gasteiger partial charge < -0.3 is 4.74 Å². The molecule has 0 fully saturated rings. The van der Waals surface area contributed by atoms with Gasteiger partial charge in [-0.05, 0) is 37.1 Å². The van der Waals surface area contributed by atoms with Crippen LogP contribution in [0.25, 0.3) is 0 Å². The number of hydrogen-bond donors (Lipinski definition) is 0. The molecule has 1 unspecified atom stereocenters. The van der Waals surface area contributed by atoms with Crippen molar-refractivity contribution in [2.45, 2.75) is 38.7 Å². The summed E-state index contributed by atoms with van der Waals surface area (Å²) in [6.07, 6.45) is 8.62. The molecule has 1 aliphatic rings. The van der Waals surface area contributed by atoms with E-state index in [1.807, 2.05) is 19.1 Å². The molecule has 0 saturated carbocycles. The lowest BCUT2D eigenvalue weighted by Crippen LogP contribution is -2.29. The molecule has 0 amide bonds. The molecule has 1 rings (SSSR count). The quantitative estimate of drug-likeness (QED) is 0.687. The first-order valence-corrected chi connectivity index (χ1v) is 5.12. The summed E-state index contributed by atoms with van der Waals surface area (Å²) in [5.74, 6) is 0.0918. The van der Waals surface area contributed by atoms with Crippen LogP contribution in [0, 0.1) is 0 Å². The zero-order chi connectivity index (χ0) is 10.6. The van der Waals surface area contributed by atoms with Crippen LogP contribution < -0.4 is 0 Å². The third-order valence-electron chi connectivity index (χ3n) is 2.67. The van der Waals surface area contributed by atoms with Crippen LogP contribution in [0.15, 0.2) is 23.8 Å². The van der Waals surface area contributed by atoms with Crippen LogP contribution in [-0.2, 0) is 9.53 Å². The molecular formula is C12H18O2. The number of ketones is 1. The number of rotatable bonds is 4. The Morgan fingerprint density at radius 1 is 1.50 bits per heavy atom. The van der Waals surface area contributed by atoms with Crippen molar-refractivity contribution in [3.05, 3.63) is 23.8 Å². The Morgan fingerprint density at radius 3 is 2.71 bits per heavy atom. The topological polar surface area (TPSA) is 26.3 Å². The summed E-state index contributed by atoms with van der Waals surface area (Å²) in [6, 6.07) is 0. The predicted octanol–water partition coefficient (Wildman–Crippen LogP) is 2.65. The van der Waals surface area contributed by atoms with Crippen molar-refractivity contribution in [2.24, 2.45) is 0 Å². The van der Waals surface area contributed by atoms with Gasteiger partial charge in [-0.3, -0.25) is 4.79 Å². The first-order chi connectivity index (χ1) is 6.63. The fraction of sp³-hybridized carbons (Fsp3) is 0.583. The van der Waals surface area contributed by atoms with Gasteiger partial charge in [-0.1, -0.05) is 19.8 Å². The summed E-state index contributed by atoms with van der Waals surface area (Å²) >= 11 is 0. The highest BCUT2D eigenvalue weighted by molar-refractivity contribution is 6.04. The molecule has 0 aliphatic heterocycles. The van der Waals surface area contributed by atoms with Crippen LogP contribution in [0.3, 0.4) is 0 Å². The van der Waals surface area contributed by atoms with Gasteiger partial charge in [-0.15, -0.1) is 0 Å². The van der Waals surface area contributed by atoms with Crippen molar-refractivity contribution in [1.29, 1.82) is 0 Å². The van der Waals surface area contributed by atoms with E-state index in [1.54, 1.807) is 13.2 Å². The van der Waals surface area contributed by atoms with Crippen molar-refractivity contribution in [1.82, 2.24) is 0 Å². The Kier molecular flexibility index (Phi) is 3.64. The Balaban J connectivity index is 2.80. The monoisotopic (exact) mass is 194 g/mol. The molecule has 14 heavy (non-hydrogen) atoms. The van der Waals surface area contributed by atoms with Gasteiger partial charge in [0.25, 0.3) is 0 Å². The normalized spacial score (nSPS) is 26.5. The molecule has 78 valence electrons. The molecule has 0 N–H and O–H groups in total. The molecular weight excluding hydrogens is 176 g/mol. The fourth-order valence-electron chi connectivity index (χ4n) is 1.67. The van der Waals surface area contributed by atoms with Gasteiger partial charge in [0.1, 0.15) is 5.60 Å². The van der Waals surface area contributed by atoms with Crippen LogP contribution in [-0.4, -0.2) is 18.5 Å². The molecule has 0 spiro atoms. The number of carbonyl (C=O) groups is 1. The summed E-state index contributed by atoms with van der Waals surface area (Å²) in [4.78, 5) is 11.3. The predicted molar refractivity (Wildman–Crippen MR) is 57.2 cm³/mol. The van der Waals surface area contributed by atoms with Crippen molar-refractivity contribution < 1.29 is 9.53 Å². The summed E-state index contributed by atoms with van der Waals surface area (Å²) in [6.45, 7) is 3.99. The molecule has 0 radical (unpaired) electrons. The average Bonchev–Trinajstić information content (AvgIpc) is 2.20. The molecule has 0 heterocycles. The minimum atomic E-state index is -0.339. The van der Waals surface area contributed by atoms with E-state index in [-0.39, 0.29) is 11.4 Å². The van der Waals surface area contributed by atoms with Crippen molar-refractivity contribution >= 4 is 5.78 Å². The lowest BCUT2D eigenvalue weighted by atomic mass is 9.88. The molecule has 0 aromatic rings. The highest BCUT2D eigenvalue weighted by Gasteiger charge is 2.27. The molecule has 1 atom stereocenters. The Labute approximate surface area is 85.6 Å². The molecule has 2 nitrogen and oxygen atoms in total. The van der Waals surface area contributed by atoms with Gasteiger partial charge in [-0.2, -0.15) is 0 Å². The van der Waals surface area contributed by atoms with Crippen molar-refractivity contribution in [2.75, 3.05) is 7.11 Å². The second kappa shape index (κ2) is 4.56. The van der Waals surface area contributed by atoms with Crippen LogP contribution in [0.4, 0.5) is 0 Å². The molecule has 0 aromatic heterocycles. The maximum atomic E-state index is 11.3. The molecule has 1 aliphatic carbocycles. The van der Waals surface area contributed by atoms with E-state index < -0.39 is 0 Å². The van der Waals surface area contributed by atoms with Gasteiger partial charge in [0.15, 0.2) is 5.78 Å². The number of hydrogen-bond acceptors (Lipinski definition) is 2. The van der Waals surface area contributed by atoms with Crippen LogP contribution in [0.2, 0.25) is 0 Å². The zero-order valence-corrected chi connectivity index (χ0v) is 9.17. The van der Waals surface area contributed by atoms with E-state index in [0.29, 0.717) is 0 Å². The lowest BCUT2D eigenvalue weighted by Gasteiger charge is -2.28. The minimum absolute atomic E-state index is 0.0918. The van der Waals surface area contributed by atoms with Crippen molar-refractivity contribution in [3.63, 3.8) is 0 Å². The highest BCUT2D eigenvalue weighted by Crippen LogP contribution is 2.27. The van der Waals surface area contributed by atoms with Crippen molar-refractivity contribution in [3.8, 4) is 0 Å². The molecule has 0 bridgehead atoms. The number of carbonyl (C=O) groups excluding carboxylic acids is 1. The largest absolute Gasteiger partial charge is 0.370 e. The van der Waals surface area contributed by atoms with E-state index in [0.717, 1.165) is 24.8 Å². The minimum Gasteiger partial charge on any atom is -0.370 e. The maximum absolute atomic E-state index is 11.3. The molecule has 0 saturated heterocycles. The summed E-state index contributed by atoms with van der Waals surface area (Å²) in [5, 5.41) is 0. The summed E-state index contributed by atoms with van der Waals surface area (Å²) in [5.41, 5.74) is 0.444. The van der Waals surface area contributed by atoms with E-state index in [9.17, 15) is 4.79 Å². The smallest absolute Gasteiger partial charge is 0.181 e. The van der Waals surface area contributed by atoms with E-state index in [4.69, 9.17) is 4.74 Å². The third-order valence-corrected chi connectivity index (χ3v) is 2.67. The average molecular weight is 194 g/mol. The van der Waals surface area contributed by atoms with Gasteiger partial charge in [0, 0.05) is 7.11 Å². The summed E-state index contributed by atoms with van der Waals surface area (Å²) < 4.78 is 5.48. The van der Waals surface area contributed by atoms with E-state index in [1.165, 1.54) is 0 Å². The van der Waals surface area contributed by atoms with Crippen LogP contribution in [0.5, 0.6) is 0 Å². The number of ether oxygens (including phenoxy) is 1. The molecule has 0 aromatic carbocycles. The molecule has 2 heteroatoms. The van der Waals surface area contributed by atoms with Gasteiger partial charge in [0.2, 0.25) is 0 Å². The Morgan fingerprint density at radius 2 is 2.21 bits per heavy atom. The van der Waals surface area contributed by atoms with E-state index >= 15 is 0 Å². The van der Waals surface area contributed by atoms with Gasteiger partial charge in [0.05, 0.1) is 0 Å². The summed E-state index contributed by atoms with van der Waals surface area (Å²) in [7, 11) is 1.69. The van der Waals surface area contributed by atoms with Crippen LogP contribution >= 0.6 is 0 Å².